The molecule has 1 aliphatic carbocycles. The third-order valence-electron chi connectivity index (χ3n) is 7.01. The van der Waals surface area contributed by atoms with Crippen LogP contribution in [0.4, 0.5) is 18.9 Å². The number of sulfonamides is 2. The maximum absolute atomic E-state index is 13.5. The van der Waals surface area contributed by atoms with Crippen LogP contribution in [0.1, 0.15) is 25.3 Å². The predicted molar refractivity (Wildman–Crippen MR) is 140 cm³/mol. The Balaban J connectivity index is 1.67. The molecule has 2 aromatic rings. The van der Waals surface area contributed by atoms with E-state index < -0.39 is 37.9 Å². The van der Waals surface area contributed by atoms with Crippen LogP contribution in [0.5, 0.6) is 0 Å². The first-order valence-corrected chi connectivity index (χ1v) is 15.7. The molecule has 2 atom stereocenters. The average molecular weight is 594 g/mol. The number of alkyl halides is 3. The van der Waals surface area contributed by atoms with Gasteiger partial charge in [-0.15, -0.1) is 12.6 Å². The zero-order chi connectivity index (χ0) is 28.1. The molecule has 0 amide bonds. The molecule has 2 aliphatic rings. The standard InChI is InChI=1S/C24H30F3N3O5S3/c1-23(31,24(25,26)27)17-7-9-18(10-8-17)29-14-13-28(38(34,35)22-6-4-3-5-21(22)36)15-20(29)16-30(19-11-12-19)37(2,32)33/h3-10,19-20,31,36H,11-16H2,1-2H3/t20-,23+/m1/s1. The normalized spacial score (nSPS) is 21.5. The average Bonchev–Trinajstić information content (AvgIpc) is 3.66. The Morgan fingerprint density at radius 3 is 2.16 bits per heavy atom. The van der Waals surface area contributed by atoms with Crippen molar-refractivity contribution in [3.8, 4) is 0 Å². The molecule has 0 bridgehead atoms. The van der Waals surface area contributed by atoms with Crippen molar-refractivity contribution in [2.75, 3.05) is 37.3 Å². The number of hydrogen-bond donors (Lipinski definition) is 2. The first-order valence-electron chi connectivity index (χ1n) is 11.9. The molecule has 0 aromatic heterocycles. The highest BCUT2D eigenvalue weighted by molar-refractivity contribution is 7.90. The van der Waals surface area contributed by atoms with E-state index in [1.165, 1.54) is 38.9 Å². The Kier molecular flexibility index (Phi) is 7.89. The van der Waals surface area contributed by atoms with E-state index in [9.17, 15) is 35.1 Å². The van der Waals surface area contributed by atoms with Gasteiger partial charge in [0.1, 0.15) is 0 Å². The quantitative estimate of drug-likeness (QED) is 0.457. The lowest BCUT2D eigenvalue weighted by Gasteiger charge is -2.44. The summed E-state index contributed by atoms with van der Waals surface area (Å²) in [5.41, 5.74) is -2.89. The minimum atomic E-state index is -4.87. The predicted octanol–water partition coefficient (Wildman–Crippen LogP) is 3.05. The first kappa shape index (κ1) is 29.2. The van der Waals surface area contributed by atoms with Crippen molar-refractivity contribution in [2.45, 2.75) is 53.4 Å². The third-order valence-corrected chi connectivity index (χ3v) is 10.8. The zero-order valence-electron chi connectivity index (χ0n) is 20.8. The molecule has 1 saturated carbocycles. The summed E-state index contributed by atoms with van der Waals surface area (Å²) in [5.74, 6) is 0. The SMILES string of the molecule is C[C@](O)(c1ccc(N2CCN(S(=O)(=O)c3ccccc3S)C[C@@H]2CN(C2CC2)S(C)(=O)=O)cc1)C(F)(F)F. The molecule has 0 spiro atoms. The lowest BCUT2D eigenvalue weighted by molar-refractivity contribution is -0.258. The minimum absolute atomic E-state index is 0.0139. The summed E-state index contributed by atoms with van der Waals surface area (Å²) in [4.78, 5) is 2.14. The summed E-state index contributed by atoms with van der Waals surface area (Å²) < 4.78 is 94.6. The van der Waals surface area contributed by atoms with Gasteiger partial charge in [-0.2, -0.15) is 21.8 Å². The molecule has 38 heavy (non-hydrogen) atoms. The van der Waals surface area contributed by atoms with Gasteiger partial charge in [-0.25, -0.2) is 16.8 Å². The largest absolute Gasteiger partial charge is 0.421 e. The van der Waals surface area contributed by atoms with Crippen LogP contribution in [0, 0.1) is 0 Å². The van der Waals surface area contributed by atoms with Gasteiger partial charge in [0.15, 0.2) is 5.60 Å². The van der Waals surface area contributed by atoms with Crippen molar-refractivity contribution in [3.63, 3.8) is 0 Å². The number of benzene rings is 2. The number of piperazine rings is 1. The summed E-state index contributed by atoms with van der Waals surface area (Å²) >= 11 is 4.29. The number of nitrogens with zero attached hydrogens (tertiary/aromatic N) is 3. The molecule has 1 aliphatic heterocycles. The topological polar surface area (TPSA) is 98.2 Å². The second-order valence-electron chi connectivity index (χ2n) is 9.86. The van der Waals surface area contributed by atoms with Gasteiger partial charge in [-0.3, -0.25) is 0 Å². The molecule has 1 N–H and O–H groups in total. The summed E-state index contributed by atoms with van der Waals surface area (Å²) in [6, 6.07) is 10.7. The van der Waals surface area contributed by atoms with Crippen molar-refractivity contribution in [2.24, 2.45) is 0 Å². The second-order valence-corrected chi connectivity index (χ2v) is 14.2. The van der Waals surface area contributed by atoms with Crippen LogP contribution in [0.15, 0.2) is 58.3 Å². The smallest absolute Gasteiger partial charge is 0.376 e. The van der Waals surface area contributed by atoms with Crippen LogP contribution < -0.4 is 4.90 Å². The van der Waals surface area contributed by atoms with Crippen LogP contribution in [0.2, 0.25) is 0 Å². The van der Waals surface area contributed by atoms with Gasteiger partial charge >= 0.3 is 6.18 Å². The Bertz CT molecular complexity index is 1380. The Labute approximate surface area is 226 Å². The van der Waals surface area contributed by atoms with Crippen LogP contribution in [-0.2, 0) is 25.6 Å². The lowest BCUT2D eigenvalue weighted by atomic mass is 9.95. The van der Waals surface area contributed by atoms with E-state index in [1.54, 1.807) is 18.2 Å². The van der Waals surface area contributed by atoms with E-state index in [1.807, 2.05) is 4.90 Å². The molecule has 2 fully saturated rings. The highest BCUT2D eigenvalue weighted by Crippen LogP contribution is 2.39. The maximum atomic E-state index is 13.5. The molecule has 0 unspecified atom stereocenters. The fourth-order valence-electron chi connectivity index (χ4n) is 4.62. The first-order chi connectivity index (χ1) is 17.5. The van der Waals surface area contributed by atoms with Gasteiger partial charge in [0.2, 0.25) is 20.0 Å². The van der Waals surface area contributed by atoms with Crippen LogP contribution in [-0.4, -0.2) is 81.2 Å². The van der Waals surface area contributed by atoms with Crippen LogP contribution in [0.25, 0.3) is 0 Å². The number of rotatable bonds is 8. The Hall–Kier alpha value is -1.84. The molecule has 1 heterocycles. The van der Waals surface area contributed by atoms with E-state index in [0.29, 0.717) is 25.5 Å². The Morgan fingerprint density at radius 1 is 1.03 bits per heavy atom. The summed E-state index contributed by atoms with van der Waals surface area (Å²) in [6.45, 7) is 0.903. The number of halogens is 3. The highest BCUT2D eigenvalue weighted by atomic mass is 32.2. The van der Waals surface area contributed by atoms with Gasteiger partial charge in [-0.1, -0.05) is 24.3 Å². The summed E-state index contributed by atoms with van der Waals surface area (Å²) in [5, 5.41) is 10.0. The fourth-order valence-corrected chi connectivity index (χ4v) is 7.88. The van der Waals surface area contributed by atoms with E-state index in [2.05, 4.69) is 12.6 Å². The number of thiol groups is 1. The van der Waals surface area contributed by atoms with Crippen molar-refractivity contribution in [1.82, 2.24) is 8.61 Å². The summed E-state index contributed by atoms with van der Waals surface area (Å²) in [6.07, 6.45) is -2.36. The zero-order valence-corrected chi connectivity index (χ0v) is 23.4. The molecule has 8 nitrogen and oxygen atoms in total. The number of anilines is 1. The van der Waals surface area contributed by atoms with Gasteiger partial charge in [0.25, 0.3) is 0 Å². The van der Waals surface area contributed by atoms with Gasteiger partial charge in [0.05, 0.1) is 17.2 Å². The van der Waals surface area contributed by atoms with E-state index >= 15 is 0 Å². The van der Waals surface area contributed by atoms with Gasteiger partial charge < -0.3 is 10.0 Å². The van der Waals surface area contributed by atoms with Crippen molar-refractivity contribution in [1.29, 1.82) is 0 Å². The maximum Gasteiger partial charge on any atom is 0.421 e. The van der Waals surface area contributed by atoms with E-state index in [0.717, 1.165) is 6.26 Å². The third kappa shape index (κ3) is 5.85. The molecule has 210 valence electrons. The minimum Gasteiger partial charge on any atom is -0.376 e. The van der Waals surface area contributed by atoms with Crippen molar-refractivity contribution in [3.05, 3.63) is 54.1 Å². The Morgan fingerprint density at radius 2 is 1.63 bits per heavy atom. The van der Waals surface area contributed by atoms with E-state index in [-0.39, 0.29) is 47.6 Å². The molecular formula is C24H30F3N3O5S3. The molecule has 0 radical (unpaired) electrons. The molecule has 14 heteroatoms. The second kappa shape index (κ2) is 10.3. The number of hydrogen-bond acceptors (Lipinski definition) is 7. The molecule has 4 rings (SSSR count). The number of aliphatic hydroxyl groups is 1. The van der Waals surface area contributed by atoms with Gasteiger partial charge in [0, 0.05) is 42.8 Å². The van der Waals surface area contributed by atoms with Crippen LogP contribution in [0.3, 0.4) is 0 Å². The molecular weight excluding hydrogens is 563 g/mol. The summed E-state index contributed by atoms with van der Waals surface area (Å²) in [7, 11) is -7.54. The van der Waals surface area contributed by atoms with E-state index in [4.69, 9.17) is 0 Å². The van der Waals surface area contributed by atoms with Crippen LogP contribution >= 0.6 is 12.6 Å². The molecule has 1 saturated heterocycles. The monoisotopic (exact) mass is 593 g/mol. The lowest BCUT2D eigenvalue weighted by Crippen LogP contribution is -2.59. The fraction of sp³-hybridized carbons (Fsp3) is 0.500. The van der Waals surface area contributed by atoms with Crippen molar-refractivity contribution >= 4 is 38.4 Å². The highest BCUT2D eigenvalue weighted by Gasteiger charge is 2.51. The molecule has 2 aromatic carbocycles. The van der Waals surface area contributed by atoms with Crippen molar-refractivity contribution < 1.29 is 35.1 Å². The van der Waals surface area contributed by atoms with Gasteiger partial charge in [-0.05, 0) is 49.6 Å².